The lowest BCUT2D eigenvalue weighted by atomic mass is 10.1. The average molecular weight is 304 g/mol. The van der Waals surface area contributed by atoms with E-state index in [0.29, 0.717) is 25.3 Å². The zero-order chi connectivity index (χ0) is 15.5. The summed E-state index contributed by atoms with van der Waals surface area (Å²) in [6.45, 7) is 1.43. The number of ether oxygens (including phenoxy) is 1. The number of fused-ring (bicyclic) bond motifs is 1. The Morgan fingerprint density at radius 2 is 2.27 bits per heavy atom. The molecule has 0 N–H and O–H groups in total. The van der Waals surface area contributed by atoms with Crippen LogP contribution in [0.15, 0.2) is 24.5 Å². The number of aromatic nitrogens is 3. The number of hydrogen-bond acceptors (Lipinski definition) is 4. The van der Waals surface area contributed by atoms with Gasteiger partial charge in [0.05, 0.1) is 7.11 Å². The number of halogens is 1. The van der Waals surface area contributed by atoms with E-state index >= 15 is 0 Å². The molecule has 2 aromatic rings. The smallest absolute Gasteiger partial charge is 0.230 e. The predicted molar refractivity (Wildman–Crippen MR) is 78.3 cm³/mol. The van der Waals surface area contributed by atoms with Gasteiger partial charge in [0.15, 0.2) is 11.6 Å². The second-order valence-corrected chi connectivity index (χ2v) is 5.15. The van der Waals surface area contributed by atoms with Gasteiger partial charge in [-0.1, -0.05) is 6.07 Å². The van der Waals surface area contributed by atoms with E-state index in [-0.39, 0.29) is 11.7 Å². The van der Waals surface area contributed by atoms with Crippen LogP contribution in [0.1, 0.15) is 18.4 Å². The summed E-state index contributed by atoms with van der Waals surface area (Å²) in [4.78, 5) is 18.1. The first kappa shape index (κ1) is 14.5. The van der Waals surface area contributed by atoms with Crippen LogP contribution in [0, 0.1) is 5.82 Å². The van der Waals surface area contributed by atoms with Crippen LogP contribution >= 0.6 is 0 Å². The molecule has 0 atom stereocenters. The molecule has 1 amide bonds. The number of amides is 1. The molecule has 0 aliphatic carbocycles. The van der Waals surface area contributed by atoms with E-state index in [1.807, 2.05) is 0 Å². The summed E-state index contributed by atoms with van der Waals surface area (Å²) >= 11 is 0. The summed E-state index contributed by atoms with van der Waals surface area (Å²) in [5, 5.41) is 4.09. The number of methoxy groups -OCH3 is 1. The Morgan fingerprint density at radius 1 is 1.41 bits per heavy atom. The van der Waals surface area contributed by atoms with Crippen LogP contribution in [0.3, 0.4) is 0 Å². The third kappa shape index (κ3) is 2.79. The van der Waals surface area contributed by atoms with Crippen molar-refractivity contribution in [2.45, 2.75) is 25.8 Å². The topological polar surface area (TPSA) is 60.2 Å². The maximum absolute atomic E-state index is 13.6. The van der Waals surface area contributed by atoms with Crippen molar-refractivity contribution in [3.8, 4) is 5.75 Å². The first-order chi connectivity index (χ1) is 10.7. The fourth-order valence-electron chi connectivity index (χ4n) is 2.59. The van der Waals surface area contributed by atoms with Crippen molar-refractivity contribution in [1.29, 1.82) is 0 Å². The van der Waals surface area contributed by atoms with Crippen LogP contribution < -0.4 is 9.64 Å². The molecule has 3 rings (SSSR count). The van der Waals surface area contributed by atoms with E-state index < -0.39 is 5.82 Å². The molecule has 0 saturated heterocycles. The molecular weight excluding hydrogens is 287 g/mol. The Hall–Kier alpha value is -2.44. The third-order valence-electron chi connectivity index (χ3n) is 3.73. The number of aryl methyl sites for hydroxylation is 2. The van der Waals surface area contributed by atoms with Crippen LogP contribution in [-0.2, 0) is 17.8 Å². The van der Waals surface area contributed by atoms with E-state index in [2.05, 4.69) is 10.1 Å². The Kier molecular flexibility index (Phi) is 4.04. The van der Waals surface area contributed by atoms with Gasteiger partial charge in [-0.2, -0.15) is 10.1 Å². The lowest BCUT2D eigenvalue weighted by Gasteiger charge is -2.26. The quantitative estimate of drug-likeness (QED) is 0.864. The summed E-state index contributed by atoms with van der Waals surface area (Å²) < 4.78 is 20.3. The Morgan fingerprint density at radius 3 is 3.05 bits per heavy atom. The second kappa shape index (κ2) is 6.13. The van der Waals surface area contributed by atoms with Crippen molar-refractivity contribution >= 4 is 11.9 Å². The molecule has 22 heavy (non-hydrogen) atoms. The normalized spacial score (nSPS) is 13.8. The second-order valence-electron chi connectivity index (χ2n) is 5.15. The molecule has 1 aliphatic heterocycles. The molecule has 0 saturated carbocycles. The highest BCUT2D eigenvalue weighted by molar-refractivity contribution is 5.91. The molecule has 0 radical (unpaired) electrons. The minimum Gasteiger partial charge on any atom is -0.494 e. The molecule has 0 fully saturated rings. The van der Waals surface area contributed by atoms with E-state index in [0.717, 1.165) is 18.5 Å². The standard InChI is InChI=1S/C15H17FN4O2/c1-22-13-5-3-11(9-12(13)16)4-6-14(21)19-7-2-8-20-15(19)17-10-18-20/h3,5,9-10H,2,4,6-8H2,1H3. The van der Waals surface area contributed by atoms with Crippen molar-refractivity contribution in [1.82, 2.24) is 14.8 Å². The van der Waals surface area contributed by atoms with Gasteiger partial charge in [0.2, 0.25) is 11.9 Å². The molecule has 1 aromatic carbocycles. The van der Waals surface area contributed by atoms with Crippen LogP contribution in [-0.4, -0.2) is 34.3 Å². The fraction of sp³-hybridized carbons (Fsp3) is 0.400. The van der Waals surface area contributed by atoms with Crippen LogP contribution in [0.25, 0.3) is 0 Å². The van der Waals surface area contributed by atoms with Crippen molar-refractivity contribution in [3.05, 3.63) is 35.9 Å². The van der Waals surface area contributed by atoms with Crippen LogP contribution in [0.4, 0.5) is 10.3 Å². The molecule has 7 heteroatoms. The largest absolute Gasteiger partial charge is 0.494 e. The number of anilines is 1. The summed E-state index contributed by atoms with van der Waals surface area (Å²) in [7, 11) is 1.42. The average Bonchev–Trinajstić information content (AvgIpc) is 3.01. The van der Waals surface area contributed by atoms with Gasteiger partial charge < -0.3 is 4.74 Å². The molecule has 6 nitrogen and oxygen atoms in total. The molecule has 2 heterocycles. The zero-order valence-electron chi connectivity index (χ0n) is 12.3. The Balaban J connectivity index is 1.65. The molecule has 1 aromatic heterocycles. The first-order valence-corrected chi connectivity index (χ1v) is 7.19. The van der Waals surface area contributed by atoms with Gasteiger partial charge in [0.1, 0.15) is 6.33 Å². The summed E-state index contributed by atoms with van der Waals surface area (Å²) in [6, 6.07) is 4.76. The fourth-order valence-corrected chi connectivity index (χ4v) is 2.59. The molecule has 0 spiro atoms. The van der Waals surface area contributed by atoms with E-state index in [1.54, 1.807) is 21.7 Å². The van der Waals surface area contributed by atoms with Gasteiger partial charge in [0.25, 0.3) is 0 Å². The summed E-state index contributed by atoms with van der Waals surface area (Å²) in [6.07, 6.45) is 3.10. The molecule has 0 unspecified atom stereocenters. The highest BCUT2D eigenvalue weighted by atomic mass is 19.1. The zero-order valence-corrected chi connectivity index (χ0v) is 12.3. The number of hydrogen-bond donors (Lipinski definition) is 0. The van der Waals surface area contributed by atoms with Crippen LogP contribution in [0.2, 0.25) is 0 Å². The van der Waals surface area contributed by atoms with Crippen molar-refractivity contribution in [3.63, 3.8) is 0 Å². The Labute approximate surface area is 127 Å². The van der Waals surface area contributed by atoms with Gasteiger partial charge in [-0.15, -0.1) is 0 Å². The van der Waals surface area contributed by atoms with Gasteiger partial charge in [-0.25, -0.2) is 9.07 Å². The van der Waals surface area contributed by atoms with Crippen LogP contribution in [0.5, 0.6) is 5.75 Å². The van der Waals surface area contributed by atoms with Gasteiger partial charge in [-0.3, -0.25) is 9.69 Å². The highest BCUT2D eigenvalue weighted by Crippen LogP contribution is 2.20. The number of nitrogens with zero attached hydrogens (tertiary/aromatic N) is 4. The molecule has 0 bridgehead atoms. The van der Waals surface area contributed by atoms with Gasteiger partial charge >= 0.3 is 0 Å². The lowest BCUT2D eigenvalue weighted by Crippen LogP contribution is -2.38. The van der Waals surface area contributed by atoms with Gasteiger partial charge in [0, 0.05) is 19.5 Å². The predicted octanol–water partition coefficient (Wildman–Crippen LogP) is 1.80. The van der Waals surface area contributed by atoms with Gasteiger partial charge in [-0.05, 0) is 30.5 Å². The number of rotatable bonds is 4. The molecule has 116 valence electrons. The van der Waals surface area contributed by atoms with E-state index in [9.17, 15) is 9.18 Å². The van der Waals surface area contributed by atoms with Crippen molar-refractivity contribution in [2.75, 3.05) is 18.6 Å². The van der Waals surface area contributed by atoms with Crippen molar-refractivity contribution < 1.29 is 13.9 Å². The van der Waals surface area contributed by atoms with E-state index in [4.69, 9.17) is 4.74 Å². The lowest BCUT2D eigenvalue weighted by molar-refractivity contribution is -0.118. The summed E-state index contributed by atoms with van der Waals surface area (Å²) in [5.41, 5.74) is 0.769. The Bertz CT molecular complexity index is 686. The summed E-state index contributed by atoms with van der Waals surface area (Å²) in [5.74, 6) is 0.367. The third-order valence-corrected chi connectivity index (χ3v) is 3.73. The number of carbonyl (C=O) groups is 1. The minimum absolute atomic E-state index is 0.0230. The number of carbonyl (C=O) groups excluding carboxylic acids is 1. The molecule has 1 aliphatic rings. The highest BCUT2D eigenvalue weighted by Gasteiger charge is 2.24. The minimum atomic E-state index is -0.412. The maximum atomic E-state index is 13.6. The van der Waals surface area contributed by atoms with E-state index in [1.165, 1.54) is 19.5 Å². The monoisotopic (exact) mass is 304 g/mol. The first-order valence-electron chi connectivity index (χ1n) is 7.19. The molecular formula is C15H17FN4O2. The SMILES string of the molecule is COc1ccc(CCC(=O)N2CCCn3ncnc32)cc1F. The number of benzene rings is 1. The maximum Gasteiger partial charge on any atom is 0.230 e. The van der Waals surface area contributed by atoms with Crippen molar-refractivity contribution in [2.24, 2.45) is 0 Å².